The van der Waals surface area contributed by atoms with E-state index in [0.29, 0.717) is 5.58 Å². The van der Waals surface area contributed by atoms with E-state index in [9.17, 15) is 9.59 Å². The molecule has 22 heavy (non-hydrogen) atoms. The minimum absolute atomic E-state index is 0.0653. The Hall–Kier alpha value is -2.60. The summed E-state index contributed by atoms with van der Waals surface area (Å²) in [7, 11) is 0. The lowest BCUT2D eigenvalue weighted by Crippen LogP contribution is -2.43. The van der Waals surface area contributed by atoms with Crippen LogP contribution in [-0.4, -0.2) is 36.2 Å². The summed E-state index contributed by atoms with van der Waals surface area (Å²) in [5.41, 5.74) is 1.62. The number of hydrogen-bond donors (Lipinski definition) is 2. The van der Waals surface area contributed by atoms with E-state index in [4.69, 9.17) is 14.3 Å². The van der Waals surface area contributed by atoms with Crippen molar-refractivity contribution in [2.24, 2.45) is 0 Å². The number of carbonyl (C=O) groups excluding carboxylic acids is 1. The van der Waals surface area contributed by atoms with Crippen LogP contribution in [0, 0.1) is 6.92 Å². The predicted molar refractivity (Wildman–Crippen MR) is 80.9 cm³/mol. The molecule has 6 nitrogen and oxygen atoms in total. The zero-order valence-corrected chi connectivity index (χ0v) is 12.2. The van der Waals surface area contributed by atoms with E-state index in [2.05, 4.69) is 11.9 Å². The summed E-state index contributed by atoms with van der Waals surface area (Å²) >= 11 is 0. The van der Waals surface area contributed by atoms with Crippen molar-refractivity contribution in [1.29, 1.82) is 0 Å². The van der Waals surface area contributed by atoms with Gasteiger partial charge in [-0.3, -0.25) is 4.79 Å². The standard InChI is InChI=1S/C16H17NO5/c1-3-6-21-9-12(16(19)20)17-15(18)14-8-11-7-10(2)4-5-13(11)22-14/h3-5,7-8,12H,1,6,9H2,2H3,(H,17,18)(H,19,20). The number of carboxylic acid groups (broad SMARTS) is 1. The van der Waals surface area contributed by atoms with Gasteiger partial charge in [-0.05, 0) is 25.1 Å². The molecule has 2 N–H and O–H groups in total. The maximum atomic E-state index is 12.1. The van der Waals surface area contributed by atoms with Crippen LogP contribution >= 0.6 is 0 Å². The van der Waals surface area contributed by atoms with E-state index < -0.39 is 17.9 Å². The van der Waals surface area contributed by atoms with Gasteiger partial charge < -0.3 is 19.6 Å². The van der Waals surface area contributed by atoms with Gasteiger partial charge in [-0.2, -0.15) is 0 Å². The molecule has 1 atom stereocenters. The molecule has 6 heteroatoms. The first-order chi connectivity index (χ1) is 10.5. The van der Waals surface area contributed by atoms with Gasteiger partial charge in [-0.25, -0.2) is 4.79 Å². The third kappa shape index (κ3) is 3.73. The van der Waals surface area contributed by atoms with Gasteiger partial charge in [0.15, 0.2) is 11.8 Å². The topological polar surface area (TPSA) is 88.8 Å². The summed E-state index contributed by atoms with van der Waals surface area (Å²) in [5.74, 6) is -1.71. The Labute approximate surface area is 127 Å². The van der Waals surface area contributed by atoms with Crippen LogP contribution in [-0.2, 0) is 9.53 Å². The molecule has 116 valence electrons. The number of hydrogen-bond acceptors (Lipinski definition) is 4. The average molecular weight is 303 g/mol. The maximum absolute atomic E-state index is 12.1. The van der Waals surface area contributed by atoms with Crippen molar-refractivity contribution in [3.63, 3.8) is 0 Å². The second-order valence-corrected chi connectivity index (χ2v) is 4.84. The highest BCUT2D eigenvalue weighted by Crippen LogP contribution is 2.20. The van der Waals surface area contributed by atoms with Crippen LogP contribution in [0.2, 0.25) is 0 Å². The van der Waals surface area contributed by atoms with Crippen molar-refractivity contribution in [2.75, 3.05) is 13.2 Å². The summed E-state index contributed by atoms with van der Waals surface area (Å²) in [6.45, 7) is 5.47. The lowest BCUT2D eigenvalue weighted by atomic mass is 10.2. The van der Waals surface area contributed by atoms with E-state index in [-0.39, 0.29) is 19.0 Å². The third-order valence-corrected chi connectivity index (χ3v) is 3.02. The van der Waals surface area contributed by atoms with E-state index in [1.807, 2.05) is 19.1 Å². The Morgan fingerprint density at radius 1 is 1.45 bits per heavy atom. The molecule has 0 spiro atoms. The van der Waals surface area contributed by atoms with Crippen LogP contribution in [0.1, 0.15) is 16.1 Å². The quantitative estimate of drug-likeness (QED) is 0.604. The van der Waals surface area contributed by atoms with E-state index >= 15 is 0 Å². The van der Waals surface area contributed by atoms with Crippen LogP contribution in [0.25, 0.3) is 11.0 Å². The summed E-state index contributed by atoms with van der Waals surface area (Å²) in [6, 6.07) is 5.96. The number of amides is 1. The first-order valence-corrected chi connectivity index (χ1v) is 6.73. The highest BCUT2D eigenvalue weighted by Gasteiger charge is 2.22. The molecule has 1 heterocycles. The van der Waals surface area contributed by atoms with Crippen LogP contribution in [0.4, 0.5) is 0 Å². The first kappa shape index (κ1) is 15.8. The maximum Gasteiger partial charge on any atom is 0.328 e. The molecule has 1 aromatic carbocycles. The summed E-state index contributed by atoms with van der Waals surface area (Å²) in [6.07, 6.45) is 1.50. The Bertz CT molecular complexity index is 704. The number of carboxylic acids is 1. The van der Waals surface area contributed by atoms with Gasteiger partial charge >= 0.3 is 5.97 Å². The molecule has 1 aromatic heterocycles. The van der Waals surface area contributed by atoms with Crippen LogP contribution < -0.4 is 5.32 Å². The van der Waals surface area contributed by atoms with Gasteiger partial charge in [0, 0.05) is 5.39 Å². The Balaban J connectivity index is 2.10. The smallest absolute Gasteiger partial charge is 0.328 e. The van der Waals surface area contributed by atoms with Crippen molar-refractivity contribution in [3.05, 3.63) is 48.2 Å². The van der Waals surface area contributed by atoms with Crippen molar-refractivity contribution in [1.82, 2.24) is 5.32 Å². The summed E-state index contributed by atoms with van der Waals surface area (Å²) < 4.78 is 10.5. The van der Waals surface area contributed by atoms with Gasteiger partial charge in [0.25, 0.3) is 5.91 Å². The number of carbonyl (C=O) groups is 2. The third-order valence-electron chi connectivity index (χ3n) is 3.02. The van der Waals surface area contributed by atoms with Gasteiger partial charge in [0.1, 0.15) is 5.58 Å². The fourth-order valence-corrected chi connectivity index (χ4v) is 1.95. The zero-order chi connectivity index (χ0) is 16.1. The molecule has 0 aliphatic rings. The van der Waals surface area contributed by atoms with E-state index in [1.165, 1.54) is 6.08 Å². The Morgan fingerprint density at radius 3 is 2.91 bits per heavy atom. The number of rotatable bonds is 7. The molecule has 2 aromatic rings. The number of aryl methyl sites for hydroxylation is 1. The van der Waals surface area contributed by atoms with Crippen molar-refractivity contribution < 1.29 is 23.8 Å². The van der Waals surface area contributed by atoms with Gasteiger partial charge in [0.05, 0.1) is 13.2 Å². The van der Waals surface area contributed by atoms with Gasteiger partial charge in [0.2, 0.25) is 0 Å². The highest BCUT2D eigenvalue weighted by molar-refractivity contribution is 5.98. The first-order valence-electron chi connectivity index (χ1n) is 6.73. The van der Waals surface area contributed by atoms with Gasteiger partial charge in [-0.1, -0.05) is 17.7 Å². The van der Waals surface area contributed by atoms with Crippen LogP contribution in [0.15, 0.2) is 41.3 Å². The molecule has 0 saturated carbocycles. The predicted octanol–water partition coefficient (Wildman–Crippen LogP) is 2.13. The molecular weight excluding hydrogens is 286 g/mol. The molecule has 1 unspecified atom stereocenters. The second kappa shape index (κ2) is 6.91. The molecular formula is C16H17NO5. The molecule has 0 aliphatic carbocycles. The zero-order valence-electron chi connectivity index (χ0n) is 12.2. The van der Waals surface area contributed by atoms with Crippen molar-refractivity contribution in [3.8, 4) is 0 Å². The molecule has 0 fully saturated rings. The monoisotopic (exact) mass is 303 g/mol. The molecule has 0 radical (unpaired) electrons. The Kier molecular flexibility index (Phi) is 4.95. The van der Waals surface area contributed by atoms with E-state index in [0.717, 1.165) is 10.9 Å². The molecule has 0 saturated heterocycles. The Morgan fingerprint density at radius 2 is 2.23 bits per heavy atom. The van der Waals surface area contributed by atoms with E-state index in [1.54, 1.807) is 12.1 Å². The van der Waals surface area contributed by atoms with Gasteiger partial charge in [-0.15, -0.1) is 6.58 Å². The lowest BCUT2D eigenvalue weighted by molar-refractivity contribution is -0.140. The summed E-state index contributed by atoms with van der Waals surface area (Å²) in [4.78, 5) is 23.2. The minimum atomic E-state index is -1.18. The number of aliphatic carboxylic acids is 1. The number of benzene rings is 1. The normalized spacial score (nSPS) is 12.0. The number of furan rings is 1. The fourth-order valence-electron chi connectivity index (χ4n) is 1.95. The molecule has 0 aliphatic heterocycles. The fraction of sp³-hybridized carbons (Fsp3) is 0.250. The molecule has 2 rings (SSSR count). The number of ether oxygens (including phenoxy) is 1. The van der Waals surface area contributed by atoms with Crippen molar-refractivity contribution >= 4 is 22.8 Å². The minimum Gasteiger partial charge on any atom is -0.480 e. The SMILES string of the molecule is C=CCOCC(NC(=O)c1cc2cc(C)ccc2o1)C(=O)O. The molecule has 0 bridgehead atoms. The summed E-state index contributed by atoms with van der Waals surface area (Å²) in [5, 5.41) is 12.3. The number of fused-ring (bicyclic) bond motifs is 1. The van der Waals surface area contributed by atoms with Crippen LogP contribution in [0.3, 0.4) is 0 Å². The largest absolute Gasteiger partial charge is 0.480 e. The number of nitrogens with one attached hydrogen (secondary N) is 1. The highest BCUT2D eigenvalue weighted by atomic mass is 16.5. The molecule has 1 amide bonds. The lowest BCUT2D eigenvalue weighted by Gasteiger charge is -2.13. The van der Waals surface area contributed by atoms with Crippen LogP contribution in [0.5, 0.6) is 0 Å². The van der Waals surface area contributed by atoms with Crippen molar-refractivity contribution in [2.45, 2.75) is 13.0 Å². The second-order valence-electron chi connectivity index (χ2n) is 4.84. The average Bonchev–Trinajstić information content (AvgIpc) is 2.89.